The van der Waals surface area contributed by atoms with Crippen LogP contribution in [0, 0.1) is 11.3 Å². The van der Waals surface area contributed by atoms with Crippen LogP contribution in [0.25, 0.3) is 11.1 Å². The molecule has 0 aliphatic carbocycles. The predicted octanol–water partition coefficient (Wildman–Crippen LogP) is 4.29. The van der Waals surface area contributed by atoms with Crippen molar-refractivity contribution in [2.45, 2.75) is 6.42 Å². The number of aromatic nitrogens is 1. The van der Waals surface area contributed by atoms with E-state index in [1.165, 1.54) is 0 Å². The normalized spacial score (nSPS) is 10.4. The first-order chi connectivity index (χ1) is 9.74. The van der Waals surface area contributed by atoms with Gasteiger partial charge in [-0.1, -0.05) is 17.7 Å². The maximum Gasteiger partial charge on any atom is 0.300 e. The summed E-state index contributed by atoms with van der Waals surface area (Å²) >= 11 is 5.83. The van der Waals surface area contributed by atoms with Crippen LogP contribution in [0.2, 0.25) is 5.02 Å². The molecular weight excluding hydrogens is 274 g/mol. The molecule has 0 atom stereocenters. The minimum atomic E-state index is 0.364. The number of nitriles is 1. The predicted molar refractivity (Wildman–Crippen MR) is 78.1 cm³/mol. The van der Waals surface area contributed by atoms with E-state index in [9.17, 15) is 0 Å². The second-order valence-corrected chi connectivity index (χ2v) is 4.72. The number of rotatable bonds is 3. The zero-order valence-electron chi connectivity index (χ0n) is 10.4. The van der Waals surface area contributed by atoms with E-state index in [0.29, 0.717) is 23.0 Å². The number of anilines is 2. The van der Waals surface area contributed by atoms with Gasteiger partial charge in [0.05, 0.1) is 12.5 Å². The molecular formula is C15H10ClN3O. The smallest absolute Gasteiger partial charge is 0.300 e. The molecule has 98 valence electrons. The van der Waals surface area contributed by atoms with Gasteiger partial charge >= 0.3 is 0 Å². The maximum absolute atomic E-state index is 8.70. The summed E-state index contributed by atoms with van der Waals surface area (Å²) in [5.41, 5.74) is 3.18. The number of oxazole rings is 1. The number of halogens is 1. The lowest BCUT2D eigenvalue weighted by molar-refractivity contribution is 0.623. The van der Waals surface area contributed by atoms with Gasteiger partial charge in [0, 0.05) is 10.7 Å². The first-order valence-electron chi connectivity index (χ1n) is 6.03. The van der Waals surface area contributed by atoms with E-state index >= 15 is 0 Å². The summed E-state index contributed by atoms with van der Waals surface area (Å²) in [6.45, 7) is 0. The van der Waals surface area contributed by atoms with Gasteiger partial charge in [0.2, 0.25) is 0 Å². The molecule has 0 aliphatic heterocycles. The van der Waals surface area contributed by atoms with Crippen molar-refractivity contribution in [1.29, 1.82) is 5.26 Å². The zero-order valence-corrected chi connectivity index (χ0v) is 11.2. The summed E-state index contributed by atoms with van der Waals surface area (Å²) in [4.78, 5) is 4.35. The monoisotopic (exact) mass is 283 g/mol. The van der Waals surface area contributed by atoms with Crippen LogP contribution in [-0.2, 0) is 6.42 Å². The Morgan fingerprint density at radius 2 is 2.00 bits per heavy atom. The minimum Gasteiger partial charge on any atom is -0.423 e. The summed E-state index contributed by atoms with van der Waals surface area (Å²) < 4.78 is 5.60. The standard InChI is InChI=1S/C15H10ClN3O/c16-11-2-4-12(5-3-11)18-15-19-13-9-10(7-8-17)1-6-14(13)20-15/h1-6,9H,7H2,(H,18,19). The number of benzene rings is 2. The molecule has 5 heteroatoms. The Hall–Kier alpha value is -2.51. The second-order valence-electron chi connectivity index (χ2n) is 4.29. The lowest BCUT2D eigenvalue weighted by Crippen LogP contribution is -1.89. The summed E-state index contributed by atoms with van der Waals surface area (Å²) in [6, 6.07) is 15.3. The van der Waals surface area contributed by atoms with Gasteiger partial charge in [-0.3, -0.25) is 0 Å². The Labute approximate surface area is 120 Å². The van der Waals surface area contributed by atoms with Gasteiger partial charge in [0.1, 0.15) is 5.52 Å². The van der Waals surface area contributed by atoms with Crippen molar-refractivity contribution in [2.24, 2.45) is 0 Å². The molecule has 0 spiro atoms. The van der Waals surface area contributed by atoms with Crippen molar-refractivity contribution >= 4 is 34.4 Å². The highest BCUT2D eigenvalue weighted by atomic mass is 35.5. The number of nitrogens with one attached hydrogen (secondary N) is 1. The average Bonchev–Trinajstić information content (AvgIpc) is 2.83. The third kappa shape index (κ3) is 2.58. The molecule has 0 fully saturated rings. The van der Waals surface area contributed by atoms with Crippen LogP contribution in [0.5, 0.6) is 0 Å². The molecule has 1 N–H and O–H groups in total. The number of nitrogens with zero attached hydrogens (tertiary/aromatic N) is 2. The maximum atomic E-state index is 8.70. The van der Waals surface area contributed by atoms with Crippen molar-refractivity contribution in [2.75, 3.05) is 5.32 Å². The van der Waals surface area contributed by atoms with E-state index in [-0.39, 0.29) is 0 Å². The Morgan fingerprint density at radius 1 is 1.20 bits per heavy atom. The molecule has 0 amide bonds. The second kappa shape index (κ2) is 5.24. The fourth-order valence-electron chi connectivity index (χ4n) is 1.88. The first-order valence-corrected chi connectivity index (χ1v) is 6.41. The highest BCUT2D eigenvalue weighted by Crippen LogP contribution is 2.23. The fraction of sp³-hybridized carbons (Fsp3) is 0.0667. The highest BCUT2D eigenvalue weighted by molar-refractivity contribution is 6.30. The topological polar surface area (TPSA) is 61.9 Å². The number of hydrogen-bond donors (Lipinski definition) is 1. The van der Waals surface area contributed by atoms with Crippen molar-refractivity contribution < 1.29 is 4.42 Å². The third-order valence-electron chi connectivity index (χ3n) is 2.83. The quantitative estimate of drug-likeness (QED) is 0.779. The molecule has 0 saturated carbocycles. The van der Waals surface area contributed by atoms with E-state index in [4.69, 9.17) is 21.3 Å². The number of fused-ring (bicyclic) bond motifs is 1. The van der Waals surface area contributed by atoms with Gasteiger partial charge in [-0.05, 0) is 42.0 Å². The summed E-state index contributed by atoms with van der Waals surface area (Å²) in [6.07, 6.45) is 0.364. The van der Waals surface area contributed by atoms with Gasteiger partial charge < -0.3 is 9.73 Å². The molecule has 0 bridgehead atoms. The van der Waals surface area contributed by atoms with E-state index < -0.39 is 0 Å². The fourth-order valence-corrected chi connectivity index (χ4v) is 2.01. The first kappa shape index (κ1) is 12.5. The molecule has 2 aromatic carbocycles. The summed E-state index contributed by atoms with van der Waals surface area (Å²) in [5, 5.41) is 12.4. The van der Waals surface area contributed by atoms with E-state index in [1.54, 1.807) is 12.1 Å². The van der Waals surface area contributed by atoms with Crippen LogP contribution in [0.15, 0.2) is 46.9 Å². The molecule has 4 nitrogen and oxygen atoms in total. The zero-order chi connectivity index (χ0) is 13.9. The average molecular weight is 284 g/mol. The molecule has 3 rings (SSSR count). The largest absolute Gasteiger partial charge is 0.423 e. The van der Waals surface area contributed by atoms with Crippen molar-refractivity contribution in [3.8, 4) is 6.07 Å². The van der Waals surface area contributed by atoms with Crippen molar-refractivity contribution in [1.82, 2.24) is 4.98 Å². The molecule has 3 aromatic rings. The van der Waals surface area contributed by atoms with E-state index in [1.807, 2.05) is 30.3 Å². The molecule has 0 saturated heterocycles. The Morgan fingerprint density at radius 3 is 2.75 bits per heavy atom. The molecule has 1 heterocycles. The highest BCUT2D eigenvalue weighted by Gasteiger charge is 2.06. The van der Waals surface area contributed by atoms with E-state index in [0.717, 1.165) is 16.8 Å². The van der Waals surface area contributed by atoms with Gasteiger partial charge in [0.25, 0.3) is 6.01 Å². The molecule has 1 aromatic heterocycles. The lowest BCUT2D eigenvalue weighted by Gasteiger charge is -2.00. The van der Waals surface area contributed by atoms with Crippen LogP contribution in [0.4, 0.5) is 11.7 Å². The van der Waals surface area contributed by atoms with Crippen LogP contribution < -0.4 is 5.32 Å². The Kier molecular flexibility index (Phi) is 3.28. The lowest BCUT2D eigenvalue weighted by atomic mass is 10.1. The molecule has 0 aliphatic rings. The van der Waals surface area contributed by atoms with Gasteiger partial charge in [-0.2, -0.15) is 10.2 Å². The van der Waals surface area contributed by atoms with Crippen LogP contribution in [0.3, 0.4) is 0 Å². The van der Waals surface area contributed by atoms with Crippen LogP contribution >= 0.6 is 11.6 Å². The Balaban J connectivity index is 1.89. The van der Waals surface area contributed by atoms with Gasteiger partial charge in [0.15, 0.2) is 5.58 Å². The van der Waals surface area contributed by atoms with Gasteiger partial charge in [-0.15, -0.1) is 0 Å². The molecule has 0 unspecified atom stereocenters. The number of hydrogen-bond acceptors (Lipinski definition) is 4. The minimum absolute atomic E-state index is 0.364. The van der Waals surface area contributed by atoms with Gasteiger partial charge in [-0.25, -0.2) is 0 Å². The third-order valence-corrected chi connectivity index (χ3v) is 3.08. The van der Waals surface area contributed by atoms with Crippen LogP contribution in [0.1, 0.15) is 5.56 Å². The summed E-state index contributed by atoms with van der Waals surface area (Å²) in [7, 11) is 0. The molecule has 20 heavy (non-hydrogen) atoms. The Bertz CT molecular complexity index is 787. The molecule has 0 radical (unpaired) electrons. The SMILES string of the molecule is N#CCc1ccc2oc(Nc3ccc(Cl)cc3)nc2c1. The van der Waals surface area contributed by atoms with Crippen molar-refractivity contribution in [3.05, 3.63) is 53.1 Å². The van der Waals surface area contributed by atoms with Crippen molar-refractivity contribution in [3.63, 3.8) is 0 Å². The summed E-state index contributed by atoms with van der Waals surface area (Å²) in [5.74, 6) is 0. The van der Waals surface area contributed by atoms with E-state index in [2.05, 4.69) is 16.4 Å². The van der Waals surface area contributed by atoms with Crippen LogP contribution in [-0.4, -0.2) is 4.98 Å².